The van der Waals surface area contributed by atoms with Crippen LogP contribution < -0.4 is 10.1 Å². The minimum atomic E-state index is -1.17. The lowest BCUT2D eigenvalue weighted by Gasteiger charge is -2.22. The van der Waals surface area contributed by atoms with E-state index in [1.54, 1.807) is 12.1 Å². The molecule has 0 bridgehead atoms. The molecule has 0 aliphatic carbocycles. The van der Waals surface area contributed by atoms with E-state index in [-0.39, 0.29) is 17.1 Å². The second-order valence-corrected chi connectivity index (χ2v) is 3.71. The van der Waals surface area contributed by atoms with Crippen LogP contribution >= 0.6 is 0 Å². The van der Waals surface area contributed by atoms with Crippen molar-refractivity contribution in [1.82, 2.24) is 4.98 Å². The lowest BCUT2D eigenvalue weighted by Crippen LogP contribution is -2.30. The van der Waals surface area contributed by atoms with Crippen molar-refractivity contribution in [3.05, 3.63) is 36.0 Å². The number of furan rings is 1. The van der Waals surface area contributed by atoms with Gasteiger partial charge < -0.3 is 24.6 Å². The maximum Gasteiger partial charge on any atom is 0.354 e. The highest BCUT2D eigenvalue weighted by molar-refractivity contribution is 6.04. The van der Waals surface area contributed by atoms with E-state index in [0.29, 0.717) is 5.76 Å². The van der Waals surface area contributed by atoms with Crippen LogP contribution in [0, 0.1) is 0 Å². The molecule has 18 heavy (non-hydrogen) atoms. The first kappa shape index (κ1) is 10.5. The van der Waals surface area contributed by atoms with Gasteiger partial charge in [-0.1, -0.05) is 0 Å². The normalized spacial score (nSPS) is 17.8. The van der Waals surface area contributed by atoms with E-state index in [4.69, 9.17) is 14.3 Å². The number of nitrogens with one attached hydrogen (secondary N) is 2. The van der Waals surface area contributed by atoms with Gasteiger partial charge in [-0.2, -0.15) is 0 Å². The molecule has 0 fully saturated rings. The van der Waals surface area contributed by atoms with Crippen molar-refractivity contribution in [3.63, 3.8) is 0 Å². The first-order chi connectivity index (χ1) is 8.66. The Balaban J connectivity index is 1.98. The summed E-state index contributed by atoms with van der Waals surface area (Å²) in [6.07, 6.45) is 1.90. The Bertz CT molecular complexity index is 613. The number of H-pyrrole nitrogens is 1. The molecule has 0 spiro atoms. The van der Waals surface area contributed by atoms with Crippen molar-refractivity contribution >= 4 is 17.6 Å². The summed E-state index contributed by atoms with van der Waals surface area (Å²) in [7, 11) is 0. The highest BCUT2D eigenvalue weighted by atomic mass is 16.5. The predicted molar refractivity (Wildman–Crippen MR) is 58.5 cm³/mol. The molecule has 92 valence electrons. The molecule has 0 saturated heterocycles. The van der Waals surface area contributed by atoms with Crippen LogP contribution in [0.1, 0.15) is 22.4 Å². The number of aromatic amines is 1. The van der Waals surface area contributed by atoms with Gasteiger partial charge in [-0.3, -0.25) is 4.79 Å². The van der Waals surface area contributed by atoms with Crippen molar-refractivity contribution < 1.29 is 23.8 Å². The number of hydrogen-bond acceptors (Lipinski definition) is 4. The minimum Gasteiger partial charge on any atom is -0.477 e. The monoisotopic (exact) mass is 248 g/mol. The summed E-state index contributed by atoms with van der Waals surface area (Å²) in [5, 5.41) is 11.4. The topological polar surface area (TPSA) is 105 Å². The molecule has 1 unspecified atom stereocenters. The van der Waals surface area contributed by atoms with E-state index in [9.17, 15) is 9.59 Å². The summed E-state index contributed by atoms with van der Waals surface area (Å²) in [6, 6.07) is 3.25. The Kier molecular flexibility index (Phi) is 2.12. The molecule has 2 aromatic heterocycles. The van der Waals surface area contributed by atoms with Gasteiger partial charge in [0, 0.05) is 6.20 Å². The summed E-state index contributed by atoms with van der Waals surface area (Å²) >= 11 is 0. The number of hydrogen-bond donors (Lipinski definition) is 3. The molecule has 1 aliphatic heterocycles. The predicted octanol–water partition coefficient (Wildman–Crippen LogP) is 1.38. The molecule has 1 atom stereocenters. The minimum absolute atomic E-state index is 0.115. The van der Waals surface area contributed by atoms with Crippen LogP contribution in [0.15, 0.2) is 29.0 Å². The number of rotatable bonds is 2. The summed E-state index contributed by atoms with van der Waals surface area (Å²) < 4.78 is 10.5. The van der Waals surface area contributed by atoms with Crippen molar-refractivity contribution in [2.75, 3.05) is 5.32 Å². The Morgan fingerprint density at radius 1 is 1.44 bits per heavy atom. The molecular formula is C11H8N2O5. The molecule has 7 nitrogen and oxygen atoms in total. The Morgan fingerprint density at radius 3 is 2.94 bits per heavy atom. The average Bonchev–Trinajstić information content (AvgIpc) is 2.95. The molecule has 0 radical (unpaired) electrons. The molecule has 0 aromatic carbocycles. The zero-order chi connectivity index (χ0) is 12.7. The van der Waals surface area contributed by atoms with Crippen molar-refractivity contribution in [2.45, 2.75) is 6.10 Å². The summed E-state index contributed by atoms with van der Waals surface area (Å²) in [5.41, 5.74) is 0.0200. The zero-order valence-electron chi connectivity index (χ0n) is 8.97. The van der Waals surface area contributed by atoms with Gasteiger partial charge in [0.2, 0.25) is 6.10 Å². The Labute approximate surface area is 100 Å². The fourth-order valence-electron chi connectivity index (χ4n) is 1.79. The Hall–Kier alpha value is -2.70. The number of anilines is 1. The first-order valence-electron chi connectivity index (χ1n) is 5.12. The maximum absolute atomic E-state index is 11.8. The highest BCUT2D eigenvalue weighted by Gasteiger charge is 2.34. The van der Waals surface area contributed by atoms with Gasteiger partial charge in [-0.15, -0.1) is 0 Å². The number of amides is 1. The third-order valence-electron chi connectivity index (χ3n) is 2.59. The van der Waals surface area contributed by atoms with E-state index >= 15 is 0 Å². The summed E-state index contributed by atoms with van der Waals surface area (Å²) in [4.78, 5) is 25.3. The summed E-state index contributed by atoms with van der Waals surface area (Å²) in [5.74, 6) is -1.01. The van der Waals surface area contributed by atoms with Crippen molar-refractivity contribution in [3.8, 4) is 5.75 Å². The zero-order valence-corrected chi connectivity index (χ0v) is 8.97. The van der Waals surface area contributed by atoms with E-state index in [1.165, 1.54) is 12.5 Å². The fourth-order valence-corrected chi connectivity index (χ4v) is 1.79. The molecule has 7 heteroatoms. The molecule has 3 N–H and O–H groups in total. The molecule has 3 heterocycles. The van der Waals surface area contributed by atoms with Crippen LogP contribution in [0.2, 0.25) is 0 Å². The van der Waals surface area contributed by atoms with Gasteiger partial charge in [0.25, 0.3) is 5.91 Å². The molecule has 1 aliphatic rings. The number of ether oxygens (including phenoxy) is 1. The lowest BCUT2D eigenvalue weighted by atomic mass is 10.2. The van der Waals surface area contributed by atoms with Gasteiger partial charge >= 0.3 is 5.97 Å². The number of fused-ring (bicyclic) bond motifs is 1. The van der Waals surface area contributed by atoms with E-state index in [1.807, 2.05) is 0 Å². The van der Waals surface area contributed by atoms with Crippen LogP contribution in [0.4, 0.5) is 5.69 Å². The number of carbonyl (C=O) groups excluding carboxylic acids is 1. The smallest absolute Gasteiger partial charge is 0.354 e. The number of aromatic carboxylic acids is 1. The van der Waals surface area contributed by atoms with Crippen LogP contribution in [0.3, 0.4) is 0 Å². The molecule has 3 rings (SSSR count). The van der Waals surface area contributed by atoms with Gasteiger partial charge in [0.15, 0.2) is 17.2 Å². The number of aromatic nitrogens is 1. The Morgan fingerprint density at radius 2 is 2.28 bits per heavy atom. The highest BCUT2D eigenvalue weighted by Crippen LogP contribution is 2.37. The second kappa shape index (κ2) is 3.66. The first-order valence-corrected chi connectivity index (χ1v) is 5.12. The van der Waals surface area contributed by atoms with Crippen LogP contribution in [-0.4, -0.2) is 22.0 Å². The lowest BCUT2D eigenvalue weighted by molar-refractivity contribution is -0.124. The van der Waals surface area contributed by atoms with Gasteiger partial charge in [-0.05, 0) is 12.1 Å². The van der Waals surface area contributed by atoms with E-state index < -0.39 is 18.0 Å². The summed E-state index contributed by atoms with van der Waals surface area (Å²) in [6.45, 7) is 0. The molecular weight excluding hydrogens is 240 g/mol. The molecule has 0 saturated carbocycles. The van der Waals surface area contributed by atoms with Gasteiger partial charge in [0.05, 0.1) is 6.26 Å². The van der Waals surface area contributed by atoms with E-state index in [2.05, 4.69) is 10.3 Å². The number of carboxylic acid groups (broad SMARTS) is 1. The number of carboxylic acids is 1. The average molecular weight is 248 g/mol. The van der Waals surface area contributed by atoms with Crippen LogP contribution in [-0.2, 0) is 4.79 Å². The third-order valence-corrected chi connectivity index (χ3v) is 2.59. The van der Waals surface area contributed by atoms with Gasteiger partial charge in [0.1, 0.15) is 5.69 Å². The second-order valence-electron chi connectivity index (χ2n) is 3.71. The molecule has 2 aromatic rings. The van der Waals surface area contributed by atoms with Crippen molar-refractivity contribution in [1.29, 1.82) is 0 Å². The maximum atomic E-state index is 11.8. The SMILES string of the molecule is O=C(O)c1[nH]cc2c1NC(=O)C(c1ccco1)O2. The quantitative estimate of drug-likeness (QED) is 0.744. The van der Waals surface area contributed by atoms with Crippen LogP contribution in [0.5, 0.6) is 5.75 Å². The fraction of sp³-hybridized carbons (Fsp3) is 0.0909. The number of carbonyl (C=O) groups is 2. The third kappa shape index (κ3) is 1.45. The van der Waals surface area contributed by atoms with Gasteiger partial charge in [-0.25, -0.2) is 4.79 Å². The van der Waals surface area contributed by atoms with Crippen LogP contribution in [0.25, 0.3) is 0 Å². The van der Waals surface area contributed by atoms with Crippen molar-refractivity contribution in [2.24, 2.45) is 0 Å². The standard InChI is InChI=1S/C11H8N2O5/c14-10-9(5-2-1-3-17-5)18-6-4-12-8(11(15)16)7(6)13-10/h1-4,9,12H,(H,13,14)(H,15,16). The largest absolute Gasteiger partial charge is 0.477 e. The van der Waals surface area contributed by atoms with E-state index in [0.717, 1.165) is 0 Å². The molecule has 1 amide bonds.